The summed E-state index contributed by atoms with van der Waals surface area (Å²) >= 11 is 7.78. The van der Waals surface area contributed by atoms with Crippen LogP contribution in [0.1, 0.15) is 15.9 Å². The standard InChI is InChI=1S/C29H20ClF2N3OS/c30-25-9-5-4-6-21(25)18-35-26(19-10-14-22(31)15-11-19)28(34-27(36)20-12-16-23(32)17-13-20)37-29(35)33-24-7-2-1-3-8-24/h1-17H,18H2,(H,34,36). The maximum Gasteiger partial charge on any atom is 0.256 e. The highest BCUT2D eigenvalue weighted by atomic mass is 35.5. The van der Waals surface area contributed by atoms with Gasteiger partial charge in [0.05, 0.1) is 17.9 Å². The van der Waals surface area contributed by atoms with Crippen molar-refractivity contribution in [2.24, 2.45) is 4.99 Å². The van der Waals surface area contributed by atoms with Crippen molar-refractivity contribution < 1.29 is 13.6 Å². The van der Waals surface area contributed by atoms with Gasteiger partial charge in [0.15, 0.2) is 4.80 Å². The van der Waals surface area contributed by atoms with Gasteiger partial charge < -0.3 is 9.88 Å². The SMILES string of the molecule is O=C(Nc1sc(=Nc2ccccc2)n(Cc2ccccc2Cl)c1-c1ccc(F)cc1)c1ccc(F)cc1. The van der Waals surface area contributed by atoms with E-state index in [0.29, 0.717) is 38.2 Å². The second-order valence-electron chi connectivity index (χ2n) is 8.16. The summed E-state index contributed by atoms with van der Waals surface area (Å²) in [6.45, 7) is 0.362. The Labute approximate surface area is 221 Å². The average molecular weight is 532 g/mol. The molecule has 1 aromatic heterocycles. The first-order valence-electron chi connectivity index (χ1n) is 11.4. The molecule has 0 aliphatic carbocycles. The monoisotopic (exact) mass is 531 g/mol. The number of halogens is 3. The molecular weight excluding hydrogens is 512 g/mol. The molecule has 0 saturated carbocycles. The number of hydrogen-bond acceptors (Lipinski definition) is 3. The van der Waals surface area contributed by atoms with Crippen LogP contribution >= 0.6 is 22.9 Å². The first-order chi connectivity index (χ1) is 18.0. The molecule has 8 heteroatoms. The van der Waals surface area contributed by atoms with E-state index in [-0.39, 0.29) is 5.82 Å². The second-order valence-corrected chi connectivity index (χ2v) is 9.54. The van der Waals surface area contributed by atoms with Crippen LogP contribution < -0.4 is 10.1 Å². The van der Waals surface area contributed by atoms with Gasteiger partial charge in [0.2, 0.25) is 0 Å². The fourth-order valence-corrected chi connectivity index (χ4v) is 5.07. The molecular formula is C29H20ClF2N3OS. The molecule has 5 aromatic rings. The first kappa shape index (κ1) is 24.6. The molecule has 5 rings (SSSR count). The third-order valence-corrected chi connectivity index (χ3v) is 6.99. The molecule has 0 aliphatic rings. The van der Waals surface area contributed by atoms with Crippen LogP contribution in [0.25, 0.3) is 11.3 Å². The minimum atomic E-state index is -0.429. The molecule has 0 saturated heterocycles. The Hall–Kier alpha value is -4.07. The van der Waals surface area contributed by atoms with Gasteiger partial charge in [0, 0.05) is 16.1 Å². The molecule has 1 amide bonds. The molecule has 0 unspecified atom stereocenters. The number of amides is 1. The molecule has 1 heterocycles. The Morgan fingerprint density at radius 1 is 0.838 bits per heavy atom. The number of rotatable bonds is 6. The van der Waals surface area contributed by atoms with Crippen LogP contribution in [0.4, 0.5) is 19.5 Å². The Kier molecular flexibility index (Phi) is 7.25. The molecule has 0 fully saturated rings. The van der Waals surface area contributed by atoms with E-state index in [0.717, 1.165) is 11.3 Å². The third-order valence-electron chi connectivity index (χ3n) is 5.63. The van der Waals surface area contributed by atoms with Crippen LogP contribution in [0.5, 0.6) is 0 Å². The fourth-order valence-electron chi connectivity index (χ4n) is 3.81. The third kappa shape index (κ3) is 5.69. The van der Waals surface area contributed by atoms with E-state index < -0.39 is 11.7 Å². The highest BCUT2D eigenvalue weighted by molar-refractivity contribution is 7.14. The van der Waals surface area contributed by atoms with Gasteiger partial charge in [-0.2, -0.15) is 0 Å². The Morgan fingerprint density at radius 2 is 1.46 bits per heavy atom. The molecule has 1 N–H and O–H groups in total. The summed E-state index contributed by atoms with van der Waals surface area (Å²) < 4.78 is 29.2. The first-order valence-corrected chi connectivity index (χ1v) is 12.6. The van der Waals surface area contributed by atoms with E-state index in [1.54, 1.807) is 12.1 Å². The minimum Gasteiger partial charge on any atom is -0.312 e. The second kappa shape index (κ2) is 10.9. The molecule has 0 spiro atoms. The van der Waals surface area contributed by atoms with E-state index >= 15 is 0 Å². The number of aromatic nitrogens is 1. The number of hydrogen-bond donors (Lipinski definition) is 1. The van der Waals surface area contributed by atoms with Gasteiger partial charge >= 0.3 is 0 Å². The molecule has 0 radical (unpaired) electrons. The van der Waals surface area contributed by atoms with Crippen molar-refractivity contribution in [2.45, 2.75) is 6.54 Å². The van der Waals surface area contributed by atoms with Gasteiger partial charge in [-0.25, -0.2) is 13.8 Å². The van der Waals surface area contributed by atoms with Crippen molar-refractivity contribution in [3.63, 3.8) is 0 Å². The van der Waals surface area contributed by atoms with Gasteiger partial charge in [-0.3, -0.25) is 4.79 Å². The van der Waals surface area contributed by atoms with Crippen LogP contribution in [-0.4, -0.2) is 10.5 Å². The summed E-state index contributed by atoms with van der Waals surface area (Å²) in [6, 6.07) is 28.3. The lowest BCUT2D eigenvalue weighted by Crippen LogP contribution is -2.17. The number of nitrogens with one attached hydrogen (secondary N) is 1. The maximum absolute atomic E-state index is 13.8. The smallest absolute Gasteiger partial charge is 0.256 e. The van der Waals surface area contributed by atoms with E-state index in [4.69, 9.17) is 16.6 Å². The van der Waals surface area contributed by atoms with Crippen molar-refractivity contribution >= 4 is 39.5 Å². The highest BCUT2D eigenvalue weighted by Crippen LogP contribution is 2.33. The Morgan fingerprint density at radius 3 is 2.14 bits per heavy atom. The van der Waals surface area contributed by atoms with Gasteiger partial charge in [-0.15, -0.1) is 0 Å². The van der Waals surface area contributed by atoms with E-state index in [2.05, 4.69) is 5.32 Å². The summed E-state index contributed by atoms with van der Waals surface area (Å²) in [6.07, 6.45) is 0. The number of nitrogens with zero attached hydrogens (tertiary/aromatic N) is 2. The number of carbonyl (C=O) groups excluding carboxylic acids is 1. The topological polar surface area (TPSA) is 46.4 Å². The lowest BCUT2D eigenvalue weighted by Gasteiger charge is -2.13. The van der Waals surface area contributed by atoms with E-state index in [1.807, 2.05) is 59.2 Å². The quantitative estimate of drug-likeness (QED) is 0.240. The largest absolute Gasteiger partial charge is 0.312 e. The number of thiazole rings is 1. The van der Waals surface area contributed by atoms with Gasteiger partial charge in [-0.05, 0) is 72.3 Å². The Balaban J connectivity index is 1.70. The van der Waals surface area contributed by atoms with Crippen LogP contribution in [0.15, 0.2) is 108 Å². The normalized spacial score (nSPS) is 11.5. The average Bonchev–Trinajstić information content (AvgIpc) is 3.22. The van der Waals surface area contributed by atoms with Gasteiger partial charge in [0.1, 0.15) is 16.6 Å². The van der Waals surface area contributed by atoms with Crippen molar-refractivity contribution in [1.82, 2.24) is 4.57 Å². The zero-order valence-corrected chi connectivity index (χ0v) is 20.9. The number of anilines is 1. The van der Waals surface area contributed by atoms with Crippen molar-refractivity contribution in [2.75, 3.05) is 5.32 Å². The van der Waals surface area contributed by atoms with Gasteiger partial charge in [0.25, 0.3) is 5.91 Å². The summed E-state index contributed by atoms with van der Waals surface area (Å²) in [5, 5.41) is 4.06. The van der Waals surface area contributed by atoms with Crippen LogP contribution in [0, 0.1) is 11.6 Å². The summed E-state index contributed by atoms with van der Waals surface area (Å²) in [4.78, 5) is 18.6. The maximum atomic E-state index is 13.8. The number of carbonyl (C=O) groups is 1. The molecule has 0 bridgehead atoms. The molecule has 0 aliphatic heterocycles. The van der Waals surface area contributed by atoms with E-state index in [9.17, 15) is 13.6 Å². The number of para-hydroxylation sites is 1. The molecule has 4 aromatic carbocycles. The summed E-state index contributed by atoms with van der Waals surface area (Å²) in [5.41, 5.74) is 3.23. The van der Waals surface area contributed by atoms with Crippen LogP contribution in [-0.2, 0) is 6.54 Å². The lowest BCUT2D eigenvalue weighted by molar-refractivity contribution is 0.102. The van der Waals surface area contributed by atoms with Crippen LogP contribution in [0.3, 0.4) is 0 Å². The molecule has 37 heavy (non-hydrogen) atoms. The molecule has 184 valence electrons. The highest BCUT2D eigenvalue weighted by Gasteiger charge is 2.20. The lowest BCUT2D eigenvalue weighted by atomic mass is 10.1. The van der Waals surface area contributed by atoms with Crippen LogP contribution in [0.2, 0.25) is 5.02 Å². The number of benzene rings is 4. The zero-order chi connectivity index (χ0) is 25.8. The minimum absolute atomic E-state index is 0.305. The van der Waals surface area contributed by atoms with Gasteiger partial charge in [-0.1, -0.05) is 59.3 Å². The summed E-state index contributed by atoms with van der Waals surface area (Å²) in [7, 11) is 0. The van der Waals surface area contributed by atoms with Crippen molar-refractivity contribution in [3.05, 3.63) is 136 Å². The van der Waals surface area contributed by atoms with Crippen molar-refractivity contribution in [3.8, 4) is 11.3 Å². The Bertz CT molecular complexity index is 1610. The predicted octanol–water partition coefficient (Wildman–Crippen LogP) is 7.68. The molecule has 0 atom stereocenters. The van der Waals surface area contributed by atoms with Crippen molar-refractivity contribution in [1.29, 1.82) is 0 Å². The van der Waals surface area contributed by atoms with E-state index in [1.165, 1.54) is 47.7 Å². The summed E-state index contributed by atoms with van der Waals surface area (Å²) in [5.74, 6) is -1.20. The predicted molar refractivity (Wildman–Crippen MR) is 144 cm³/mol. The fraction of sp³-hybridized carbons (Fsp3) is 0.0345. The molecule has 4 nitrogen and oxygen atoms in total. The zero-order valence-electron chi connectivity index (χ0n) is 19.4.